The fourth-order valence-corrected chi connectivity index (χ4v) is 3.45. The van der Waals surface area contributed by atoms with Crippen molar-refractivity contribution in [1.82, 2.24) is 10.2 Å². The molecular weight excluding hydrogens is 368 g/mol. The van der Waals surface area contributed by atoms with Gasteiger partial charge in [-0.2, -0.15) is 0 Å². The summed E-state index contributed by atoms with van der Waals surface area (Å²) in [6.07, 6.45) is 0. The lowest BCUT2D eigenvalue weighted by Crippen LogP contribution is -2.49. The summed E-state index contributed by atoms with van der Waals surface area (Å²) in [7, 11) is 3.29. The van der Waals surface area contributed by atoms with Gasteiger partial charge < -0.3 is 10.2 Å². The Morgan fingerprint density at radius 2 is 1.78 bits per heavy atom. The standard InChI is InChI=1S/C20H19F2N3OS/c1-12-17(19(26)24(2)3)18(13-9-10-15(21)16(22)11-13)23-20(27)25(12)14-7-5-4-6-8-14/h4-11,18H,1-3H3,(H,23,27)/t18-/m1/s1. The summed E-state index contributed by atoms with van der Waals surface area (Å²) in [5.74, 6) is -2.15. The molecule has 1 aliphatic rings. The maximum atomic E-state index is 13.8. The van der Waals surface area contributed by atoms with Gasteiger partial charge in [-0.3, -0.25) is 9.69 Å². The predicted molar refractivity (Wildman–Crippen MR) is 105 cm³/mol. The molecule has 1 amide bonds. The van der Waals surface area contributed by atoms with Crippen molar-refractivity contribution in [2.75, 3.05) is 19.0 Å². The molecule has 0 bridgehead atoms. The van der Waals surface area contributed by atoms with Crippen molar-refractivity contribution < 1.29 is 13.6 Å². The topological polar surface area (TPSA) is 35.6 Å². The molecule has 2 aromatic rings. The fraction of sp³-hybridized carbons (Fsp3) is 0.200. The number of hydrogen-bond acceptors (Lipinski definition) is 2. The van der Waals surface area contributed by atoms with Crippen LogP contribution in [-0.4, -0.2) is 30.0 Å². The molecule has 0 radical (unpaired) electrons. The monoisotopic (exact) mass is 387 g/mol. The van der Waals surface area contributed by atoms with Gasteiger partial charge in [-0.05, 0) is 49.0 Å². The first kappa shape index (κ1) is 19.0. The van der Waals surface area contributed by atoms with Crippen LogP contribution in [0.2, 0.25) is 0 Å². The highest BCUT2D eigenvalue weighted by atomic mass is 32.1. The number of carbonyl (C=O) groups excluding carboxylic acids is 1. The molecule has 0 fully saturated rings. The highest BCUT2D eigenvalue weighted by Crippen LogP contribution is 2.34. The Balaban J connectivity index is 2.17. The largest absolute Gasteiger partial charge is 0.351 e. The number of carbonyl (C=O) groups is 1. The third kappa shape index (κ3) is 3.55. The van der Waals surface area contributed by atoms with Gasteiger partial charge in [0.25, 0.3) is 5.91 Å². The third-order valence-electron chi connectivity index (χ3n) is 4.41. The van der Waals surface area contributed by atoms with Crippen LogP contribution in [0.25, 0.3) is 0 Å². The lowest BCUT2D eigenvalue weighted by molar-refractivity contribution is -0.125. The van der Waals surface area contributed by atoms with E-state index in [1.807, 2.05) is 30.3 Å². The highest BCUT2D eigenvalue weighted by Gasteiger charge is 2.35. The average Bonchev–Trinajstić information content (AvgIpc) is 2.64. The number of anilines is 1. The van der Waals surface area contributed by atoms with E-state index < -0.39 is 17.7 Å². The second-order valence-electron chi connectivity index (χ2n) is 6.43. The van der Waals surface area contributed by atoms with Gasteiger partial charge in [-0.25, -0.2) is 8.78 Å². The Hall–Kier alpha value is -2.80. The molecule has 0 aromatic heterocycles. The zero-order valence-electron chi connectivity index (χ0n) is 15.2. The van der Waals surface area contributed by atoms with E-state index in [4.69, 9.17) is 12.2 Å². The van der Waals surface area contributed by atoms with E-state index in [0.29, 0.717) is 21.9 Å². The van der Waals surface area contributed by atoms with Crippen molar-refractivity contribution in [2.24, 2.45) is 0 Å². The normalized spacial score (nSPS) is 17.0. The molecule has 1 aliphatic heterocycles. The second-order valence-corrected chi connectivity index (χ2v) is 6.81. The Labute approximate surface area is 162 Å². The molecule has 0 unspecified atom stereocenters. The maximum Gasteiger partial charge on any atom is 0.253 e. The van der Waals surface area contributed by atoms with E-state index in [9.17, 15) is 13.6 Å². The van der Waals surface area contributed by atoms with Crippen molar-refractivity contribution in [1.29, 1.82) is 0 Å². The van der Waals surface area contributed by atoms with Crippen LogP contribution in [0.15, 0.2) is 59.8 Å². The van der Waals surface area contributed by atoms with Crippen LogP contribution >= 0.6 is 12.2 Å². The molecule has 140 valence electrons. The Kier molecular flexibility index (Phi) is 5.23. The molecule has 1 N–H and O–H groups in total. The van der Waals surface area contributed by atoms with Gasteiger partial charge in [0.2, 0.25) is 0 Å². The first-order valence-electron chi connectivity index (χ1n) is 8.34. The third-order valence-corrected chi connectivity index (χ3v) is 4.71. The quantitative estimate of drug-likeness (QED) is 0.814. The lowest BCUT2D eigenvalue weighted by atomic mass is 9.93. The predicted octanol–water partition coefficient (Wildman–Crippen LogP) is 3.76. The summed E-state index contributed by atoms with van der Waals surface area (Å²) in [6.45, 7) is 1.80. The molecule has 0 spiro atoms. The molecule has 0 saturated carbocycles. The molecule has 1 atom stereocenters. The first-order valence-corrected chi connectivity index (χ1v) is 8.75. The summed E-state index contributed by atoms with van der Waals surface area (Å²) in [6, 6.07) is 12.3. The van der Waals surface area contributed by atoms with Crippen molar-refractivity contribution in [2.45, 2.75) is 13.0 Å². The van der Waals surface area contributed by atoms with Crippen LogP contribution in [-0.2, 0) is 4.79 Å². The van der Waals surface area contributed by atoms with Crippen molar-refractivity contribution >= 4 is 28.9 Å². The molecule has 0 aliphatic carbocycles. The van der Waals surface area contributed by atoms with E-state index in [1.165, 1.54) is 11.0 Å². The minimum atomic E-state index is -0.972. The average molecular weight is 387 g/mol. The number of nitrogens with one attached hydrogen (secondary N) is 1. The minimum Gasteiger partial charge on any atom is -0.351 e. The number of likely N-dealkylation sites (N-methyl/N-ethyl adjacent to an activating group) is 1. The molecule has 3 rings (SSSR count). The van der Waals surface area contributed by atoms with Gasteiger partial charge in [-0.1, -0.05) is 24.3 Å². The van der Waals surface area contributed by atoms with E-state index in [1.54, 1.807) is 25.9 Å². The Morgan fingerprint density at radius 3 is 2.37 bits per heavy atom. The number of rotatable bonds is 3. The SMILES string of the molecule is CC1=C(C(=O)N(C)C)[C@@H](c2ccc(F)c(F)c2)NC(=S)N1c1ccccc1. The number of allylic oxidation sites excluding steroid dienone is 1. The summed E-state index contributed by atoms with van der Waals surface area (Å²) < 4.78 is 27.2. The molecule has 7 heteroatoms. The zero-order chi connectivity index (χ0) is 19.7. The van der Waals surface area contributed by atoms with Gasteiger partial charge in [0.05, 0.1) is 11.6 Å². The van der Waals surface area contributed by atoms with E-state index in [-0.39, 0.29) is 5.91 Å². The zero-order valence-corrected chi connectivity index (χ0v) is 16.0. The number of halogens is 2. The number of hydrogen-bond donors (Lipinski definition) is 1. The number of thiocarbonyl (C=S) groups is 1. The molecule has 27 heavy (non-hydrogen) atoms. The number of amides is 1. The molecule has 2 aromatic carbocycles. The van der Waals surface area contributed by atoms with Crippen LogP contribution < -0.4 is 10.2 Å². The molecule has 0 saturated heterocycles. The van der Waals surface area contributed by atoms with Gasteiger partial charge in [0.15, 0.2) is 16.7 Å². The van der Waals surface area contributed by atoms with Gasteiger partial charge in [0, 0.05) is 25.5 Å². The van der Waals surface area contributed by atoms with E-state index in [0.717, 1.165) is 17.8 Å². The van der Waals surface area contributed by atoms with Crippen molar-refractivity contribution in [3.05, 3.63) is 77.0 Å². The Morgan fingerprint density at radius 1 is 1.11 bits per heavy atom. The number of benzene rings is 2. The summed E-state index contributed by atoms with van der Waals surface area (Å²) in [5, 5.41) is 3.49. The minimum absolute atomic E-state index is 0.238. The molecular formula is C20H19F2N3OS. The highest BCUT2D eigenvalue weighted by molar-refractivity contribution is 7.80. The van der Waals surface area contributed by atoms with Crippen LogP contribution in [0.3, 0.4) is 0 Å². The summed E-state index contributed by atoms with van der Waals surface area (Å²) >= 11 is 5.52. The van der Waals surface area contributed by atoms with Crippen LogP contribution in [0, 0.1) is 11.6 Å². The van der Waals surface area contributed by atoms with E-state index in [2.05, 4.69) is 5.32 Å². The van der Waals surface area contributed by atoms with Gasteiger partial charge in [-0.15, -0.1) is 0 Å². The number of nitrogens with zero attached hydrogens (tertiary/aromatic N) is 2. The smallest absolute Gasteiger partial charge is 0.253 e. The molecule has 4 nitrogen and oxygen atoms in total. The first-order chi connectivity index (χ1) is 12.8. The van der Waals surface area contributed by atoms with Crippen molar-refractivity contribution in [3.63, 3.8) is 0 Å². The fourth-order valence-electron chi connectivity index (χ4n) is 3.09. The molecule has 1 heterocycles. The van der Waals surface area contributed by atoms with E-state index >= 15 is 0 Å². The van der Waals surface area contributed by atoms with Crippen LogP contribution in [0.5, 0.6) is 0 Å². The second kappa shape index (κ2) is 7.44. The lowest BCUT2D eigenvalue weighted by Gasteiger charge is -2.38. The van der Waals surface area contributed by atoms with Gasteiger partial charge >= 0.3 is 0 Å². The summed E-state index contributed by atoms with van der Waals surface area (Å²) in [5.41, 5.74) is 2.29. The Bertz CT molecular complexity index is 928. The summed E-state index contributed by atoms with van der Waals surface area (Å²) in [4.78, 5) is 16.1. The van der Waals surface area contributed by atoms with Crippen LogP contribution in [0.4, 0.5) is 14.5 Å². The number of para-hydroxylation sites is 1. The van der Waals surface area contributed by atoms with Crippen molar-refractivity contribution in [3.8, 4) is 0 Å². The maximum absolute atomic E-state index is 13.8. The van der Waals surface area contributed by atoms with Gasteiger partial charge in [0.1, 0.15) is 0 Å². The van der Waals surface area contributed by atoms with Crippen LogP contribution in [0.1, 0.15) is 18.5 Å².